The number of carbonyl (C=O) groups is 1. The van der Waals surface area contributed by atoms with Crippen LogP contribution in [0, 0.1) is 19.7 Å². The molecule has 5 rings (SSSR count). The second-order valence-electron chi connectivity index (χ2n) is 8.64. The summed E-state index contributed by atoms with van der Waals surface area (Å²) in [6, 6.07) is 11.2. The molecule has 0 fully saturated rings. The standard InChI is InChI=1S/C27H24FN5O3/c1-15-19(16(2)30-26-25(15)27(35)33(3)32-26)7-10-24(34)31-22-8-9-23(20-11-12-29-14-21(20)22)36-18-6-4-5-17(28)13-18/h4-6,8-9,11-14H,7,10H2,1-3H3,(H,30,32)(H,31,34). The number of hydrogen-bond acceptors (Lipinski definition) is 5. The predicted molar refractivity (Wildman–Crippen MR) is 136 cm³/mol. The third-order valence-electron chi connectivity index (χ3n) is 6.25. The van der Waals surface area contributed by atoms with Crippen molar-refractivity contribution < 1.29 is 13.9 Å². The van der Waals surface area contributed by atoms with E-state index in [4.69, 9.17) is 4.74 Å². The van der Waals surface area contributed by atoms with Gasteiger partial charge in [-0.1, -0.05) is 6.07 Å². The zero-order valence-corrected chi connectivity index (χ0v) is 20.1. The molecule has 182 valence electrons. The van der Waals surface area contributed by atoms with E-state index >= 15 is 0 Å². The minimum atomic E-state index is -0.390. The van der Waals surface area contributed by atoms with E-state index in [0.29, 0.717) is 40.0 Å². The summed E-state index contributed by atoms with van der Waals surface area (Å²) in [5, 5.41) is 7.89. The summed E-state index contributed by atoms with van der Waals surface area (Å²) in [4.78, 5) is 34.1. The van der Waals surface area contributed by atoms with E-state index in [1.165, 1.54) is 16.8 Å². The van der Waals surface area contributed by atoms with Crippen molar-refractivity contribution in [2.75, 3.05) is 5.32 Å². The lowest BCUT2D eigenvalue weighted by atomic mass is 10.00. The molecule has 0 spiro atoms. The minimum Gasteiger partial charge on any atom is -0.457 e. The van der Waals surface area contributed by atoms with E-state index in [1.54, 1.807) is 49.8 Å². The summed E-state index contributed by atoms with van der Waals surface area (Å²) in [5.74, 6) is 0.326. The third kappa shape index (κ3) is 4.31. The maximum absolute atomic E-state index is 13.6. The molecule has 3 heterocycles. The number of aryl methyl sites for hydroxylation is 3. The van der Waals surface area contributed by atoms with Crippen LogP contribution in [0.2, 0.25) is 0 Å². The first-order chi connectivity index (χ1) is 17.3. The van der Waals surface area contributed by atoms with Gasteiger partial charge in [-0.05, 0) is 61.7 Å². The van der Waals surface area contributed by atoms with Crippen molar-refractivity contribution in [3.8, 4) is 11.5 Å². The molecule has 0 saturated heterocycles. The molecule has 2 aromatic carbocycles. The summed E-state index contributed by atoms with van der Waals surface area (Å²) in [5.41, 5.74) is 3.50. The topological polar surface area (TPSA) is 102 Å². The van der Waals surface area contributed by atoms with E-state index in [9.17, 15) is 14.0 Å². The number of H-pyrrole nitrogens is 1. The number of aromatic nitrogens is 4. The quantitative estimate of drug-likeness (QED) is 0.355. The van der Waals surface area contributed by atoms with Gasteiger partial charge in [0.2, 0.25) is 5.91 Å². The fourth-order valence-corrected chi connectivity index (χ4v) is 4.45. The van der Waals surface area contributed by atoms with E-state index in [-0.39, 0.29) is 23.7 Å². The molecule has 9 heteroatoms. The third-order valence-corrected chi connectivity index (χ3v) is 6.25. The van der Waals surface area contributed by atoms with Gasteiger partial charge >= 0.3 is 0 Å². The number of fused-ring (bicyclic) bond motifs is 2. The van der Waals surface area contributed by atoms with E-state index < -0.39 is 0 Å². The highest BCUT2D eigenvalue weighted by Crippen LogP contribution is 2.34. The molecule has 0 unspecified atom stereocenters. The normalized spacial score (nSPS) is 11.2. The summed E-state index contributed by atoms with van der Waals surface area (Å²) < 4.78 is 20.9. The lowest BCUT2D eigenvalue weighted by Gasteiger charge is -2.14. The smallest absolute Gasteiger partial charge is 0.276 e. The first-order valence-electron chi connectivity index (χ1n) is 11.5. The Morgan fingerprint density at radius 1 is 1.17 bits per heavy atom. The van der Waals surface area contributed by atoms with Crippen LogP contribution in [0.3, 0.4) is 0 Å². The molecule has 0 radical (unpaired) electrons. The maximum Gasteiger partial charge on any atom is 0.276 e. The SMILES string of the molecule is Cc1nc2[nH]n(C)c(=O)c2c(C)c1CCC(=O)Nc1ccc(Oc2cccc(F)c2)c2ccncc12. The largest absolute Gasteiger partial charge is 0.457 e. The van der Waals surface area contributed by atoms with Crippen molar-refractivity contribution >= 4 is 33.4 Å². The number of pyridine rings is 2. The van der Waals surface area contributed by atoms with Crippen LogP contribution in [-0.4, -0.2) is 25.7 Å². The Morgan fingerprint density at radius 2 is 2.00 bits per heavy atom. The van der Waals surface area contributed by atoms with Crippen molar-refractivity contribution in [3.63, 3.8) is 0 Å². The zero-order valence-electron chi connectivity index (χ0n) is 20.1. The summed E-state index contributed by atoms with van der Waals surface area (Å²) in [6.07, 6.45) is 3.93. The fraction of sp³-hybridized carbons (Fsp3) is 0.185. The van der Waals surface area contributed by atoms with Gasteiger partial charge in [-0.15, -0.1) is 0 Å². The van der Waals surface area contributed by atoms with Gasteiger partial charge in [-0.2, -0.15) is 0 Å². The molecule has 2 N–H and O–H groups in total. The number of rotatable bonds is 6. The van der Waals surface area contributed by atoms with Crippen LogP contribution in [0.5, 0.6) is 11.5 Å². The number of carbonyl (C=O) groups excluding carboxylic acids is 1. The molecule has 0 aliphatic rings. The molecule has 5 aromatic rings. The second kappa shape index (κ2) is 9.26. The number of hydrogen-bond donors (Lipinski definition) is 2. The first kappa shape index (κ1) is 23.2. The van der Waals surface area contributed by atoms with E-state index in [2.05, 4.69) is 20.4 Å². The molecular formula is C27H24FN5O3. The van der Waals surface area contributed by atoms with Gasteiger partial charge in [0.25, 0.3) is 5.56 Å². The van der Waals surface area contributed by atoms with Crippen molar-refractivity contribution in [2.24, 2.45) is 7.05 Å². The van der Waals surface area contributed by atoms with Crippen molar-refractivity contribution in [1.82, 2.24) is 19.7 Å². The number of benzene rings is 2. The second-order valence-corrected chi connectivity index (χ2v) is 8.64. The first-order valence-corrected chi connectivity index (χ1v) is 11.5. The monoisotopic (exact) mass is 485 g/mol. The van der Waals surface area contributed by atoms with Crippen LogP contribution >= 0.6 is 0 Å². The van der Waals surface area contributed by atoms with Crippen molar-refractivity contribution in [3.05, 3.63) is 87.9 Å². The Bertz CT molecular complexity index is 1690. The van der Waals surface area contributed by atoms with Crippen LogP contribution in [0.4, 0.5) is 10.1 Å². The summed E-state index contributed by atoms with van der Waals surface area (Å²) >= 11 is 0. The average molecular weight is 486 g/mol. The number of nitrogens with zero attached hydrogens (tertiary/aromatic N) is 3. The van der Waals surface area contributed by atoms with Gasteiger partial charge < -0.3 is 10.1 Å². The Morgan fingerprint density at radius 3 is 2.81 bits per heavy atom. The number of anilines is 1. The van der Waals surface area contributed by atoms with Crippen LogP contribution < -0.4 is 15.6 Å². The van der Waals surface area contributed by atoms with E-state index in [1.807, 2.05) is 13.8 Å². The number of halogens is 1. The number of amides is 1. The summed E-state index contributed by atoms with van der Waals surface area (Å²) in [6.45, 7) is 3.76. The van der Waals surface area contributed by atoms with E-state index in [0.717, 1.165) is 22.2 Å². The highest BCUT2D eigenvalue weighted by molar-refractivity contribution is 6.04. The van der Waals surface area contributed by atoms with Crippen LogP contribution in [0.1, 0.15) is 23.2 Å². The van der Waals surface area contributed by atoms with Gasteiger partial charge in [0.15, 0.2) is 5.65 Å². The van der Waals surface area contributed by atoms with Gasteiger partial charge in [-0.25, -0.2) is 9.37 Å². The predicted octanol–water partition coefficient (Wildman–Crippen LogP) is 4.93. The average Bonchev–Trinajstić information content (AvgIpc) is 3.13. The van der Waals surface area contributed by atoms with Crippen molar-refractivity contribution in [2.45, 2.75) is 26.7 Å². The Kier molecular flexibility index (Phi) is 5.97. The van der Waals surface area contributed by atoms with Gasteiger partial charge in [0.1, 0.15) is 17.3 Å². The highest BCUT2D eigenvalue weighted by atomic mass is 19.1. The molecule has 1 amide bonds. The molecule has 0 bridgehead atoms. The Labute approximate surface area is 205 Å². The Balaban J connectivity index is 1.37. The number of aromatic amines is 1. The van der Waals surface area contributed by atoms with Gasteiger partial charge in [0, 0.05) is 48.4 Å². The minimum absolute atomic E-state index is 0.139. The van der Waals surface area contributed by atoms with Crippen molar-refractivity contribution in [1.29, 1.82) is 0 Å². The van der Waals surface area contributed by atoms with Gasteiger partial charge in [-0.3, -0.25) is 24.4 Å². The molecule has 36 heavy (non-hydrogen) atoms. The molecule has 0 aliphatic heterocycles. The Hall–Kier alpha value is -4.53. The molecule has 8 nitrogen and oxygen atoms in total. The van der Waals surface area contributed by atoms with Gasteiger partial charge in [0.05, 0.1) is 11.1 Å². The van der Waals surface area contributed by atoms with Crippen LogP contribution in [0.15, 0.2) is 59.7 Å². The maximum atomic E-state index is 13.6. The summed E-state index contributed by atoms with van der Waals surface area (Å²) in [7, 11) is 1.65. The van der Waals surface area contributed by atoms with Crippen LogP contribution in [-0.2, 0) is 18.3 Å². The highest BCUT2D eigenvalue weighted by Gasteiger charge is 2.17. The molecule has 0 aliphatic carbocycles. The number of ether oxygens (including phenoxy) is 1. The lowest BCUT2D eigenvalue weighted by molar-refractivity contribution is -0.116. The molecule has 3 aromatic heterocycles. The molecule has 0 saturated carbocycles. The lowest BCUT2D eigenvalue weighted by Crippen LogP contribution is -2.15. The molecule has 0 atom stereocenters. The molecular weight excluding hydrogens is 461 g/mol. The number of nitrogens with one attached hydrogen (secondary N) is 2. The van der Waals surface area contributed by atoms with Crippen LogP contribution in [0.25, 0.3) is 21.8 Å². The fourth-order valence-electron chi connectivity index (χ4n) is 4.45. The zero-order chi connectivity index (χ0) is 25.4.